The van der Waals surface area contributed by atoms with Gasteiger partial charge in [-0.3, -0.25) is 0 Å². The highest BCUT2D eigenvalue weighted by Gasteiger charge is 2.44. The Morgan fingerprint density at radius 1 is 1.14 bits per heavy atom. The van der Waals surface area contributed by atoms with Crippen LogP contribution in [0.15, 0.2) is 0 Å². The predicted molar refractivity (Wildman–Crippen MR) is 28.8 cm³/mol. The van der Waals surface area contributed by atoms with E-state index >= 15 is 0 Å². The minimum absolute atomic E-state index is 1.37. The first-order chi connectivity index (χ1) is 2.94. The third-order valence-corrected chi connectivity index (χ3v) is 1.70. The van der Waals surface area contributed by atoms with Crippen molar-refractivity contribution in [2.45, 2.75) is 19.6 Å². The van der Waals surface area contributed by atoms with Gasteiger partial charge in [0.1, 0.15) is 0 Å². The molecule has 0 heterocycles. The van der Waals surface area contributed by atoms with Crippen LogP contribution in [0.4, 0.5) is 8.78 Å². The first-order valence-corrected chi connectivity index (χ1v) is 5.63. The van der Waals surface area contributed by atoms with Gasteiger partial charge in [0.15, 0.2) is 0 Å². The minimum Gasteiger partial charge on any atom is -0.0215 e. The van der Waals surface area contributed by atoms with Crippen LogP contribution in [0.2, 0.25) is 19.6 Å². The van der Waals surface area contributed by atoms with E-state index in [1.54, 1.807) is 19.6 Å². The van der Waals surface area contributed by atoms with E-state index in [0.717, 1.165) is 0 Å². The topological polar surface area (TPSA) is 0 Å². The molecular weight excluding hydrogens is 114 g/mol. The summed E-state index contributed by atoms with van der Waals surface area (Å²) >= 11 is 0. The SMILES string of the molecule is C[Si](C)(C)[C+](F)F. The van der Waals surface area contributed by atoms with Crippen LogP contribution in [0.5, 0.6) is 0 Å². The Bertz CT molecular complexity index is 55.2. The lowest BCUT2D eigenvalue weighted by Gasteiger charge is -1.94. The van der Waals surface area contributed by atoms with Crippen molar-refractivity contribution in [1.82, 2.24) is 0 Å². The highest BCUT2D eigenvalue weighted by molar-refractivity contribution is 6.80. The maximum absolute atomic E-state index is 11.5. The molecule has 0 aliphatic carbocycles. The lowest BCUT2D eigenvalue weighted by Crippen LogP contribution is -2.24. The molecule has 0 spiro atoms. The Kier molecular flexibility index (Phi) is 1.80. The van der Waals surface area contributed by atoms with Crippen molar-refractivity contribution in [3.05, 3.63) is 6.05 Å². The Morgan fingerprint density at radius 2 is 1.29 bits per heavy atom. The fourth-order valence-corrected chi connectivity index (χ4v) is 0. The molecule has 0 saturated heterocycles. The van der Waals surface area contributed by atoms with Gasteiger partial charge in [-0.2, -0.15) is 0 Å². The molecule has 0 aromatic carbocycles. The van der Waals surface area contributed by atoms with Crippen molar-refractivity contribution >= 4 is 8.07 Å². The quantitative estimate of drug-likeness (QED) is 0.370. The molecule has 0 unspecified atom stereocenters. The molecule has 7 heavy (non-hydrogen) atoms. The van der Waals surface area contributed by atoms with E-state index in [0.29, 0.717) is 0 Å². The summed E-state index contributed by atoms with van der Waals surface area (Å²) in [6.07, 6.45) is 0. The molecule has 0 aromatic rings. The average molecular weight is 123 g/mol. The zero-order valence-electron chi connectivity index (χ0n) is 4.76. The monoisotopic (exact) mass is 123 g/mol. The normalized spacial score (nSPS) is 11.6. The molecule has 0 saturated carbocycles. The Hall–Kier alpha value is -0.0531. The molecule has 0 amide bonds. The molecule has 0 N–H and O–H groups in total. The van der Waals surface area contributed by atoms with Crippen LogP contribution in [0.1, 0.15) is 0 Å². The summed E-state index contributed by atoms with van der Waals surface area (Å²) in [6, 6.07) is -1.37. The summed E-state index contributed by atoms with van der Waals surface area (Å²) in [5.41, 5.74) is 0. The van der Waals surface area contributed by atoms with Crippen molar-refractivity contribution in [3.8, 4) is 0 Å². The summed E-state index contributed by atoms with van der Waals surface area (Å²) in [5, 5.41) is 0. The van der Waals surface area contributed by atoms with Crippen molar-refractivity contribution in [1.29, 1.82) is 0 Å². The largest absolute Gasteiger partial charge is 0.441 e. The Morgan fingerprint density at radius 3 is 1.29 bits per heavy atom. The molecule has 0 aliphatic rings. The molecule has 0 rings (SSSR count). The average Bonchev–Trinajstić information content (AvgIpc) is 1.31. The summed E-state index contributed by atoms with van der Waals surface area (Å²) < 4.78 is 23.0. The summed E-state index contributed by atoms with van der Waals surface area (Å²) in [4.78, 5) is 0. The second-order valence-electron chi connectivity index (χ2n) is 2.51. The first kappa shape index (κ1) is 6.95. The van der Waals surface area contributed by atoms with Gasteiger partial charge in [-0.05, 0) is 19.6 Å². The lowest BCUT2D eigenvalue weighted by atomic mass is 11.6. The molecule has 0 fully saturated rings. The smallest absolute Gasteiger partial charge is 0.0215 e. The van der Waals surface area contributed by atoms with Crippen molar-refractivity contribution in [2.75, 3.05) is 0 Å². The second kappa shape index (κ2) is 1.82. The highest BCUT2D eigenvalue weighted by Crippen LogP contribution is 2.18. The maximum atomic E-state index is 11.5. The summed E-state index contributed by atoms with van der Waals surface area (Å²) in [5.74, 6) is 0. The van der Waals surface area contributed by atoms with Crippen LogP contribution >= 0.6 is 0 Å². The van der Waals surface area contributed by atoms with Gasteiger partial charge >= 0.3 is 14.1 Å². The molecule has 3 heteroatoms. The van der Waals surface area contributed by atoms with Crippen LogP contribution in [-0.2, 0) is 0 Å². The first-order valence-electron chi connectivity index (χ1n) is 2.13. The van der Waals surface area contributed by atoms with Gasteiger partial charge < -0.3 is 0 Å². The summed E-state index contributed by atoms with van der Waals surface area (Å²) in [6.45, 7) is 4.84. The molecule has 0 aliphatic heterocycles. The van der Waals surface area contributed by atoms with Crippen LogP contribution in [0.3, 0.4) is 0 Å². The molecular formula is C4H9F2Si+. The molecule has 0 nitrogen and oxygen atoms in total. The van der Waals surface area contributed by atoms with Gasteiger partial charge in [0.2, 0.25) is 0 Å². The third kappa shape index (κ3) is 2.62. The number of rotatable bonds is 1. The van der Waals surface area contributed by atoms with Gasteiger partial charge in [0.05, 0.1) is 0 Å². The summed E-state index contributed by atoms with van der Waals surface area (Å²) in [7, 11) is -2.15. The van der Waals surface area contributed by atoms with Gasteiger partial charge in [0.25, 0.3) is 0 Å². The van der Waals surface area contributed by atoms with Crippen LogP contribution in [-0.4, -0.2) is 8.07 Å². The number of hydrogen-bond acceptors (Lipinski definition) is 0. The van der Waals surface area contributed by atoms with Crippen LogP contribution < -0.4 is 0 Å². The van der Waals surface area contributed by atoms with E-state index in [1.165, 1.54) is 0 Å². The number of hydrogen-bond donors (Lipinski definition) is 0. The van der Waals surface area contributed by atoms with E-state index < -0.39 is 14.1 Å². The van der Waals surface area contributed by atoms with E-state index in [2.05, 4.69) is 0 Å². The Labute approximate surface area is 43.5 Å². The van der Waals surface area contributed by atoms with Crippen molar-refractivity contribution < 1.29 is 8.78 Å². The zero-order chi connectivity index (χ0) is 6.08. The van der Waals surface area contributed by atoms with E-state index in [4.69, 9.17) is 0 Å². The predicted octanol–water partition coefficient (Wildman–Crippen LogP) is 2.29. The van der Waals surface area contributed by atoms with Crippen molar-refractivity contribution in [2.24, 2.45) is 0 Å². The fourth-order valence-electron chi connectivity index (χ4n) is 0. The van der Waals surface area contributed by atoms with Crippen LogP contribution in [0.25, 0.3) is 0 Å². The minimum atomic E-state index is -2.15. The fraction of sp³-hybridized carbons (Fsp3) is 0.750. The molecule has 42 valence electrons. The molecule has 0 radical (unpaired) electrons. The molecule has 0 bridgehead atoms. The highest BCUT2D eigenvalue weighted by atomic mass is 28.3. The van der Waals surface area contributed by atoms with E-state index in [-0.39, 0.29) is 0 Å². The van der Waals surface area contributed by atoms with Crippen LogP contribution in [0, 0.1) is 6.05 Å². The van der Waals surface area contributed by atoms with E-state index in [1.807, 2.05) is 0 Å². The second-order valence-corrected chi connectivity index (χ2v) is 7.39. The van der Waals surface area contributed by atoms with E-state index in [9.17, 15) is 8.78 Å². The maximum Gasteiger partial charge on any atom is 0.441 e. The molecule has 0 aromatic heterocycles. The lowest BCUT2D eigenvalue weighted by molar-refractivity contribution is 0.353. The zero-order valence-corrected chi connectivity index (χ0v) is 5.76. The standard InChI is InChI=1S/C4H9F2Si/c1-7(2,3)4(5)6/h1-3H3/q+1. The Balaban J connectivity index is 3.54. The third-order valence-electron chi connectivity index (χ3n) is 0.567. The molecule has 0 atom stereocenters. The van der Waals surface area contributed by atoms with Gasteiger partial charge in [-0.1, -0.05) is 0 Å². The van der Waals surface area contributed by atoms with Crippen molar-refractivity contribution in [3.63, 3.8) is 0 Å². The van der Waals surface area contributed by atoms with Gasteiger partial charge in [-0.15, -0.1) is 0 Å². The van der Waals surface area contributed by atoms with Gasteiger partial charge in [-0.25, -0.2) is 0 Å². The van der Waals surface area contributed by atoms with Gasteiger partial charge in [0, 0.05) is 8.78 Å². The number of halogens is 2.